The summed E-state index contributed by atoms with van der Waals surface area (Å²) in [5.74, 6) is 0.780. The van der Waals surface area contributed by atoms with E-state index in [9.17, 15) is 9.90 Å². The smallest absolute Gasteiger partial charge is 0.224 e. The number of carbonyl (C=O) groups is 1. The number of benzene rings is 1. The van der Waals surface area contributed by atoms with Gasteiger partial charge in [0.1, 0.15) is 5.75 Å². The minimum Gasteiger partial charge on any atom is -0.508 e. The summed E-state index contributed by atoms with van der Waals surface area (Å²) in [6.45, 7) is 0.744. The third-order valence-corrected chi connectivity index (χ3v) is 4.61. The van der Waals surface area contributed by atoms with E-state index in [1.807, 2.05) is 6.07 Å². The van der Waals surface area contributed by atoms with Crippen LogP contribution in [0, 0.1) is 5.92 Å². The highest BCUT2D eigenvalue weighted by atomic mass is 79.9. The van der Waals surface area contributed by atoms with Crippen molar-refractivity contribution in [2.24, 2.45) is 5.92 Å². The summed E-state index contributed by atoms with van der Waals surface area (Å²) in [5, 5.41) is 12.3. The zero-order chi connectivity index (χ0) is 13.0. The monoisotopic (exact) mass is 311 g/mol. The lowest BCUT2D eigenvalue weighted by Crippen LogP contribution is -2.32. The van der Waals surface area contributed by atoms with Crippen LogP contribution in [-0.4, -0.2) is 22.4 Å². The van der Waals surface area contributed by atoms with Gasteiger partial charge in [0.05, 0.1) is 6.42 Å². The van der Waals surface area contributed by atoms with E-state index in [1.165, 1.54) is 19.3 Å². The number of carbonyl (C=O) groups excluding carboxylic acids is 1. The molecular weight excluding hydrogens is 294 g/mol. The van der Waals surface area contributed by atoms with Gasteiger partial charge in [-0.3, -0.25) is 4.79 Å². The summed E-state index contributed by atoms with van der Waals surface area (Å²) in [6, 6.07) is 6.84. The number of amides is 1. The fourth-order valence-electron chi connectivity index (χ4n) is 2.38. The molecule has 1 aromatic rings. The second-order valence-electron chi connectivity index (χ2n) is 4.86. The molecule has 0 radical (unpaired) electrons. The molecule has 2 atom stereocenters. The van der Waals surface area contributed by atoms with Crippen LogP contribution in [0.25, 0.3) is 0 Å². The Bertz CT molecular complexity index is 422. The maximum Gasteiger partial charge on any atom is 0.224 e. The maximum absolute atomic E-state index is 11.8. The topological polar surface area (TPSA) is 49.3 Å². The first-order valence-electron chi connectivity index (χ1n) is 6.34. The van der Waals surface area contributed by atoms with Crippen molar-refractivity contribution in [3.8, 4) is 5.75 Å². The van der Waals surface area contributed by atoms with Crippen LogP contribution in [0.15, 0.2) is 24.3 Å². The molecule has 18 heavy (non-hydrogen) atoms. The first-order chi connectivity index (χ1) is 8.65. The largest absolute Gasteiger partial charge is 0.508 e. The Hall–Kier alpha value is -1.03. The molecule has 1 aromatic carbocycles. The first-order valence-corrected chi connectivity index (χ1v) is 7.25. The Morgan fingerprint density at radius 2 is 2.28 bits per heavy atom. The van der Waals surface area contributed by atoms with Gasteiger partial charge in [0.2, 0.25) is 5.91 Å². The van der Waals surface area contributed by atoms with Crippen molar-refractivity contribution in [1.29, 1.82) is 0 Å². The minimum absolute atomic E-state index is 0.0206. The van der Waals surface area contributed by atoms with Gasteiger partial charge in [0.25, 0.3) is 0 Å². The molecule has 1 aliphatic carbocycles. The van der Waals surface area contributed by atoms with Gasteiger partial charge in [-0.1, -0.05) is 34.5 Å². The zero-order valence-electron chi connectivity index (χ0n) is 10.2. The van der Waals surface area contributed by atoms with E-state index in [-0.39, 0.29) is 11.7 Å². The van der Waals surface area contributed by atoms with E-state index in [1.54, 1.807) is 18.2 Å². The minimum atomic E-state index is 0.0206. The number of alkyl halides is 1. The highest BCUT2D eigenvalue weighted by molar-refractivity contribution is 9.09. The van der Waals surface area contributed by atoms with Crippen molar-refractivity contribution in [2.75, 3.05) is 6.54 Å². The number of rotatable bonds is 4. The van der Waals surface area contributed by atoms with Crippen LogP contribution >= 0.6 is 15.9 Å². The number of hydrogen-bond donors (Lipinski definition) is 2. The van der Waals surface area contributed by atoms with Crippen molar-refractivity contribution >= 4 is 21.8 Å². The molecule has 2 unspecified atom stereocenters. The molecular formula is C14H18BrNO2. The lowest BCUT2D eigenvalue weighted by atomic mass is 10.1. The maximum atomic E-state index is 11.8. The fourth-order valence-corrected chi connectivity index (χ4v) is 3.16. The Morgan fingerprint density at radius 3 is 2.94 bits per heavy atom. The van der Waals surface area contributed by atoms with Gasteiger partial charge >= 0.3 is 0 Å². The molecule has 2 rings (SSSR count). The normalized spacial score (nSPS) is 22.9. The number of phenolic OH excluding ortho intramolecular Hbond substituents is 1. The van der Waals surface area contributed by atoms with Crippen molar-refractivity contribution in [3.63, 3.8) is 0 Å². The number of halogens is 1. The molecule has 0 spiro atoms. The summed E-state index contributed by atoms with van der Waals surface area (Å²) in [7, 11) is 0. The number of nitrogens with one attached hydrogen (secondary N) is 1. The highest BCUT2D eigenvalue weighted by Crippen LogP contribution is 2.30. The Kier molecular flexibility index (Phi) is 4.64. The third-order valence-electron chi connectivity index (χ3n) is 3.40. The number of hydrogen-bond acceptors (Lipinski definition) is 2. The quantitative estimate of drug-likeness (QED) is 0.840. The molecule has 0 saturated heterocycles. The molecule has 1 saturated carbocycles. The highest BCUT2D eigenvalue weighted by Gasteiger charge is 2.24. The molecule has 0 heterocycles. The molecule has 1 fully saturated rings. The van der Waals surface area contributed by atoms with Crippen LogP contribution in [0.5, 0.6) is 5.75 Å². The molecule has 1 amide bonds. The van der Waals surface area contributed by atoms with Crippen molar-refractivity contribution in [2.45, 2.75) is 30.5 Å². The summed E-state index contributed by atoms with van der Waals surface area (Å²) in [5.41, 5.74) is 0.842. The van der Waals surface area contributed by atoms with Crippen molar-refractivity contribution in [1.82, 2.24) is 5.32 Å². The first kappa shape index (κ1) is 13.4. The van der Waals surface area contributed by atoms with E-state index < -0.39 is 0 Å². The lowest BCUT2D eigenvalue weighted by molar-refractivity contribution is -0.120. The molecule has 0 bridgehead atoms. The Balaban J connectivity index is 1.78. The average molecular weight is 312 g/mol. The van der Waals surface area contributed by atoms with Crippen LogP contribution < -0.4 is 5.32 Å². The number of phenols is 1. The van der Waals surface area contributed by atoms with Crippen LogP contribution in [0.4, 0.5) is 0 Å². The van der Waals surface area contributed by atoms with E-state index in [0.717, 1.165) is 12.1 Å². The molecule has 98 valence electrons. The van der Waals surface area contributed by atoms with Crippen LogP contribution in [0.1, 0.15) is 24.8 Å². The second kappa shape index (κ2) is 6.23. The van der Waals surface area contributed by atoms with Gasteiger partial charge in [0, 0.05) is 11.4 Å². The second-order valence-corrected chi connectivity index (χ2v) is 6.03. The molecule has 4 heteroatoms. The van der Waals surface area contributed by atoms with Gasteiger partial charge in [-0.15, -0.1) is 0 Å². The summed E-state index contributed by atoms with van der Waals surface area (Å²) in [4.78, 5) is 12.3. The average Bonchev–Trinajstić information content (AvgIpc) is 2.72. The van der Waals surface area contributed by atoms with Gasteiger partial charge in [-0.05, 0) is 36.5 Å². The zero-order valence-corrected chi connectivity index (χ0v) is 11.8. The predicted molar refractivity (Wildman–Crippen MR) is 74.9 cm³/mol. The van der Waals surface area contributed by atoms with Gasteiger partial charge < -0.3 is 10.4 Å². The molecule has 1 aliphatic rings. The Morgan fingerprint density at radius 1 is 1.44 bits per heavy atom. The van der Waals surface area contributed by atoms with Crippen LogP contribution in [0.3, 0.4) is 0 Å². The molecule has 0 aliphatic heterocycles. The summed E-state index contributed by atoms with van der Waals surface area (Å²) in [6.07, 6.45) is 3.95. The lowest BCUT2D eigenvalue weighted by Gasteiger charge is -2.14. The summed E-state index contributed by atoms with van der Waals surface area (Å²) >= 11 is 3.65. The SMILES string of the molecule is O=C(Cc1cccc(O)c1)NCC1CCCC1Br. The summed E-state index contributed by atoms with van der Waals surface area (Å²) < 4.78 is 0. The third kappa shape index (κ3) is 3.73. The van der Waals surface area contributed by atoms with E-state index >= 15 is 0 Å². The van der Waals surface area contributed by atoms with Crippen LogP contribution in [0.2, 0.25) is 0 Å². The van der Waals surface area contributed by atoms with Gasteiger partial charge in [-0.25, -0.2) is 0 Å². The standard InChI is InChI=1S/C14H18BrNO2/c15-13-6-2-4-11(13)9-16-14(18)8-10-3-1-5-12(17)7-10/h1,3,5,7,11,13,17H,2,4,6,8-9H2,(H,16,18). The Labute approximate surface area is 116 Å². The van der Waals surface area contributed by atoms with Gasteiger partial charge in [-0.2, -0.15) is 0 Å². The van der Waals surface area contributed by atoms with E-state index in [4.69, 9.17) is 0 Å². The fraction of sp³-hybridized carbons (Fsp3) is 0.500. The van der Waals surface area contributed by atoms with E-state index in [0.29, 0.717) is 17.2 Å². The van der Waals surface area contributed by atoms with Crippen molar-refractivity contribution in [3.05, 3.63) is 29.8 Å². The van der Waals surface area contributed by atoms with Gasteiger partial charge in [0.15, 0.2) is 0 Å². The van der Waals surface area contributed by atoms with Crippen LogP contribution in [-0.2, 0) is 11.2 Å². The molecule has 3 nitrogen and oxygen atoms in total. The van der Waals surface area contributed by atoms with E-state index in [2.05, 4.69) is 21.2 Å². The predicted octanol–water partition coefficient (Wildman–Crippen LogP) is 2.61. The molecule has 2 N–H and O–H groups in total. The van der Waals surface area contributed by atoms with Crippen molar-refractivity contribution < 1.29 is 9.90 Å². The number of aromatic hydroxyl groups is 1. The molecule has 0 aromatic heterocycles.